The van der Waals surface area contributed by atoms with Crippen molar-refractivity contribution in [3.8, 4) is 0 Å². The zero-order valence-electron chi connectivity index (χ0n) is 16.3. The molecule has 2 aromatic carbocycles. The fraction of sp³-hybridized carbons (Fsp3) is 0.455. The number of rotatable bonds is 9. The van der Waals surface area contributed by atoms with E-state index in [1.807, 2.05) is 60.7 Å². The van der Waals surface area contributed by atoms with Crippen LogP contribution in [0.4, 0.5) is 0 Å². The summed E-state index contributed by atoms with van der Waals surface area (Å²) in [6.07, 6.45) is -3.24. The van der Waals surface area contributed by atoms with Crippen LogP contribution < -0.4 is 0 Å². The van der Waals surface area contributed by atoms with Crippen molar-refractivity contribution >= 4 is 0 Å². The van der Waals surface area contributed by atoms with Crippen LogP contribution in [0.15, 0.2) is 60.7 Å². The lowest BCUT2D eigenvalue weighted by Gasteiger charge is -2.43. The Balaban J connectivity index is 1.74. The Morgan fingerprint density at radius 2 is 1.32 bits per heavy atom. The standard InChI is InChI=1S/C22H28O6/c1-24-15-18-19(25-2)20(26-13-16-9-5-3-6-10-16)21(22(23)28-18)27-14-17-11-7-4-8-12-17/h3-12,18-23H,13-15H2,1-2H3/t18-,19+,20+,21-,22-/m1/s1. The van der Waals surface area contributed by atoms with E-state index in [1.54, 1.807) is 14.2 Å². The van der Waals surface area contributed by atoms with Crippen LogP contribution in [0.25, 0.3) is 0 Å². The van der Waals surface area contributed by atoms with Gasteiger partial charge in [-0.25, -0.2) is 0 Å². The van der Waals surface area contributed by atoms with Gasteiger partial charge in [0, 0.05) is 14.2 Å². The number of ether oxygens (including phenoxy) is 5. The topological polar surface area (TPSA) is 66.4 Å². The van der Waals surface area contributed by atoms with Gasteiger partial charge in [0.1, 0.15) is 24.4 Å². The third-order valence-electron chi connectivity index (χ3n) is 4.78. The monoisotopic (exact) mass is 388 g/mol. The third-order valence-corrected chi connectivity index (χ3v) is 4.78. The molecule has 152 valence electrons. The lowest BCUT2D eigenvalue weighted by atomic mass is 9.98. The van der Waals surface area contributed by atoms with Gasteiger partial charge >= 0.3 is 0 Å². The average Bonchev–Trinajstić information content (AvgIpc) is 2.73. The highest BCUT2D eigenvalue weighted by molar-refractivity contribution is 5.14. The van der Waals surface area contributed by atoms with E-state index in [-0.39, 0.29) is 6.61 Å². The van der Waals surface area contributed by atoms with Gasteiger partial charge in [-0.15, -0.1) is 0 Å². The van der Waals surface area contributed by atoms with Gasteiger partial charge in [-0.3, -0.25) is 0 Å². The van der Waals surface area contributed by atoms with E-state index in [4.69, 9.17) is 23.7 Å². The molecule has 0 bridgehead atoms. The van der Waals surface area contributed by atoms with Crippen LogP contribution in [-0.2, 0) is 36.9 Å². The molecule has 1 saturated heterocycles. The third kappa shape index (κ3) is 5.38. The minimum Gasteiger partial charge on any atom is -0.382 e. The Labute approximate surface area is 165 Å². The van der Waals surface area contributed by atoms with Crippen LogP contribution in [0.2, 0.25) is 0 Å². The van der Waals surface area contributed by atoms with Crippen LogP contribution in [-0.4, -0.2) is 56.6 Å². The highest BCUT2D eigenvalue weighted by Gasteiger charge is 2.47. The maximum absolute atomic E-state index is 10.6. The summed E-state index contributed by atoms with van der Waals surface area (Å²) in [5, 5.41) is 10.6. The first kappa shape index (κ1) is 20.9. The van der Waals surface area contributed by atoms with Crippen molar-refractivity contribution in [1.82, 2.24) is 0 Å². The molecule has 2 aromatic rings. The molecule has 0 spiro atoms. The molecule has 0 aliphatic carbocycles. The van der Waals surface area contributed by atoms with Crippen LogP contribution in [0.1, 0.15) is 11.1 Å². The largest absolute Gasteiger partial charge is 0.382 e. The molecule has 0 aromatic heterocycles. The Morgan fingerprint density at radius 1 is 0.786 bits per heavy atom. The lowest BCUT2D eigenvalue weighted by Crippen LogP contribution is -2.60. The Bertz CT molecular complexity index is 680. The van der Waals surface area contributed by atoms with Gasteiger partial charge in [0.25, 0.3) is 0 Å². The quantitative estimate of drug-likeness (QED) is 0.712. The lowest BCUT2D eigenvalue weighted by molar-refractivity contribution is -0.311. The molecular formula is C22H28O6. The molecule has 1 fully saturated rings. The minimum absolute atomic E-state index is 0.284. The summed E-state index contributed by atoms with van der Waals surface area (Å²) < 4.78 is 28.8. The van der Waals surface area contributed by atoms with E-state index in [1.165, 1.54) is 0 Å². The van der Waals surface area contributed by atoms with Crippen LogP contribution in [0.3, 0.4) is 0 Å². The van der Waals surface area contributed by atoms with Gasteiger partial charge in [0.2, 0.25) is 0 Å². The van der Waals surface area contributed by atoms with E-state index in [2.05, 4.69) is 0 Å². The second kappa shape index (κ2) is 10.7. The smallest absolute Gasteiger partial charge is 0.184 e. The second-order valence-corrected chi connectivity index (χ2v) is 6.74. The zero-order chi connectivity index (χ0) is 19.8. The molecule has 0 saturated carbocycles. The molecule has 1 aliphatic rings. The molecule has 6 nitrogen and oxygen atoms in total. The SMILES string of the molecule is COC[C@H]1O[C@@H](O)[C@H](OCc2ccccc2)[C@@H](OCc2ccccc2)[C@H]1OC. The van der Waals surface area contributed by atoms with Crippen molar-refractivity contribution in [3.05, 3.63) is 71.8 Å². The Hall–Kier alpha value is -1.80. The fourth-order valence-electron chi connectivity index (χ4n) is 3.38. The number of aliphatic hydroxyl groups excluding tert-OH is 1. The maximum Gasteiger partial charge on any atom is 0.184 e. The van der Waals surface area contributed by atoms with Gasteiger partial charge in [-0.1, -0.05) is 60.7 Å². The van der Waals surface area contributed by atoms with Crippen molar-refractivity contribution in [2.75, 3.05) is 20.8 Å². The van der Waals surface area contributed by atoms with Crippen LogP contribution in [0, 0.1) is 0 Å². The first-order valence-electron chi connectivity index (χ1n) is 9.39. The van der Waals surface area contributed by atoms with Crippen molar-refractivity contribution in [3.63, 3.8) is 0 Å². The van der Waals surface area contributed by atoms with Gasteiger partial charge in [-0.05, 0) is 11.1 Å². The second-order valence-electron chi connectivity index (χ2n) is 6.74. The molecule has 6 heteroatoms. The average molecular weight is 388 g/mol. The zero-order valence-corrected chi connectivity index (χ0v) is 16.3. The maximum atomic E-state index is 10.6. The Kier molecular flexibility index (Phi) is 7.97. The fourth-order valence-corrected chi connectivity index (χ4v) is 3.38. The Morgan fingerprint density at radius 3 is 1.82 bits per heavy atom. The normalized spacial score (nSPS) is 27.6. The molecule has 1 aliphatic heterocycles. The summed E-state index contributed by atoms with van der Waals surface area (Å²) in [7, 11) is 3.18. The van der Waals surface area contributed by atoms with Crippen molar-refractivity contribution in [1.29, 1.82) is 0 Å². The predicted octanol–water partition coefficient (Wildman–Crippen LogP) is 2.54. The van der Waals surface area contributed by atoms with E-state index >= 15 is 0 Å². The van der Waals surface area contributed by atoms with Crippen molar-refractivity contribution < 1.29 is 28.8 Å². The predicted molar refractivity (Wildman–Crippen MR) is 104 cm³/mol. The summed E-state index contributed by atoms with van der Waals surface area (Å²) in [6, 6.07) is 19.6. The number of benzene rings is 2. The van der Waals surface area contributed by atoms with Crippen LogP contribution >= 0.6 is 0 Å². The highest BCUT2D eigenvalue weighted by Crippen LogP contribution is 2.28. The highest BCUT2D eigenvalue weighted by atomic mass is 16.7. The minimum atomic E-state index is -1.14. The number of hydrogen-bond acceptors (Lipinski definition) is 6. The van der Waals surface area contributed by atoms with Crippen molar-refractivity contribution in [2.24, 2.45) is 0 Å². The van der Waals surface area contributed by atoms with E-state index in [0.29, 0.717) is 13.2 Å². The molecule has 0 radical (unpaired) electrons. The number of methoxy groups -OCH3 is 2. The van der Waals surface area contributed by atoms with Crippen molar-refractivity contribution in [2.45, 2.75) is 43.9 Å². The van der Waals surface area contributed by atoms with Crippen LogP contribution in [0.5, 0.6) is 0 Å². The number of hydrogen-bond donors (Lipinski definition) is 1. The van der Waals surface area contributed by atoms with Gasteiger partial charge < -0.3 is 28.8 Å². The first-order chi connectivity index (χ1) is 13.7. The summed E-state index contributed by atoms with van der Waals surface area (Å²) in [5.41, 5.74) is 2.04. The van der Waals surface area contributed by atoms with E-state index < -0.39 is 30.7 Å². The molecule has 28 heavy (non-hydrogen) atoms. The molecule has 0 amide bonds. The molecule has 5 atom stereocenters. The van der Waals surface area contributed by atoms with Gasteiger partial charge in [0.05, 0.1) is 19.8 Å². The van der Waals surface area contributed by atoms with E-state index in [0.717, 1.165) is 11.1 Å². The first-order valence-corrected chi connectivity index (χ1v) is 9.39. The van der Waals surface area contributed by atoms with Gasteiger partial charge in [-0.2, -0.15) is 0 Å². The molecule has 1 heterocycles. The molecular weight excluding hydrogens is 360 g/mol. The molecule has 1 N–H and O–H groups in total. The summed E-state index contributed by atoms with van der Waals surface area (Å²) in [5.74, 6) is 0. The summed E-state index contributed by atoms with van der Waals surface area (Å²) >= 11 is 0. The van der Waals surface area contributed by atoms with Gasteiger partial charge in [0.15, 0.2) is 6.29 Å². The summed E-state index contributed by atoms with van der Waals surface area (Å²) in [6.45, 7) is 0.998. The summed E-state index contributed by atoms with van der Waals surface area (Å²) in [4.78, 5) is 0. The molecule has 3 rings (SSSR count). The number of aliphatic hydroxyl groups is 1. The van der Waals surface area contributed by atoms with E-state index in [9.17, 15) is 5.11 Å². The molecule has 0 unspecified atom stereocenters.